The maximum Gasteiger partial charge on any atom is 0.130 e. The highest BCUT2D eigenvalue weighted by molar-refractivity contribution is 6.04. The van der Waals surface area contributed by atoms with Gasteiger partial charge in [-0.25, -0.2) is 0 Å². The number of amidine groups is 1. The lowest BCUT2D eigenvalue weighted by Gasteiger charge is -2.30. The molecule has 0 saturated carbocycles. The number of benzene rings is 1. The summed E-state index contributed by atoms with van der Waals surface area (Å²) in [5.41, 5.74) is 2.48. The second kappa shape index (κ2) is 4.75. The van der Waals surface area contributed by atoms with Gasteiger partial charge in [0, 0.05) is 30.9 Å². The Morgan fingerprint density at radius 1 is 1.18 bits per heavy atom. The van der Waals surface area contributed by atoms with Crippen LogP contribution in [0.5, 0.6) is 0 Å². The minimum absolute atomic E-state index is 0.814. The van der Waals surface area contributed by atoms with E-state index in [9.17, 15) is 0 Å². The lowest BCUT2D eigenvalue weighted by atomic mass is 10.1. The molecule has 17 heavy (non-hydrogen) atoms. The van der Waals surface area contributed by atoms with E-state index in [0.29, 0.717) is 0 Å². The third-order valence-electron chi connectivity index (χ3n) is 3.19. The minimum atomic E-state index is 0.814. The lowest BCUT2D eigenvalue weighted by molar-refractivity contribution is 0.122. The highest BCUT2D eigenvalue weighted by Crippen LogP contribution is 2.22. The zero-order valence-corrected chi connectivity index (χ0v) is 9.85. The molecule has 4 heteroatoms. The van der Waals surface area contributed by atoms with Crippen molar-refractivity contribution >= 4 is 11.5 Å². The molecule has 0 radical (unpaired) electrons. The van der Waals surface area contributed by atoms with E-state index < -0.39 is 0 Å². The molecule has 1 aromatic rings. The van der Waals surface area contributed by atoms with Gasteiger partial charge in [0.25, 0.3) is 0 Å². The van der Waals surface area contributed by atoms with Crippen LogP contribution in [0.1, 0.15) is 5.56 Å². The number of aliphatic imine (C=N–C) groups is 1. The Balaban J connectivity index is 1.92. The lowest BCUT2D eigenvalue weighted by Crippen LogP contribution is -2.37. The van der Waals surface area contributed by atoms with Crippen molar-refractivity contribution in [1.82, 2.24) is 5.32 Å². The van der Waals surface area contributed by atoms with Crippen LogP contribution in [-0.2, 0) is 4.74 Å². The van der Waals surface area contributed by atoms with Crippen LogP contribution in [0.4, 0.5) is 5.69 Å². The van der Waals surface area contributed by atoms with Crippen molar-refractivity contribution in [2.75, 3.05) is 44.3 Å². The van der Waals surface area contributed by atoms with Gasteiger partial charge in [0.05, 0.1) is 19.8 Å². The largest absolute Gasteiger partial charge is 0.378 e. The summed E-state index contributed by atoms with van der Waals surface area (Å²) in [6, 6.07) is 8.47. The minimum Gasteiger partial charge on any atom is -0.378 e. The standard InChI is InChI=1S/C13H17N3O/c1-2-4-12(16-7-9-17-10-8-16)11(3-1)13-14-5-6-15-13/h1-4H,5-10H2,(H,14,15). The van der Waals surface area contributed by atoms with Crippen molar-refractivity contribution in [2.45, 2.75) is 0 Å². The van der Waals surface area contributed by atoms with Gasteiger partial charge >= 0.3 is 0 Å². The molecule has 4 nitrogen and oxygen atoms in total. The average molecular weight is 231 g/mol. The molecular weight excluding hydrogens is 214 g/mol. The Labute approximate surface area is 101 Å². The Bertz CT molecular complexity index is 424. The zero-order chi connectivity index (χ0) is 11.5. The first-order valence-electron chi connectivity index (χ1n) is 6.15. The summed E-state index contributed by atoms with van der Waals surface area (Å²) in [4.78, 5) is 6.89. The van der Waals surface area contributed by atoms with E-state index in [0.717, 1.165) is 45.2 Å². The molecular formula is C13H17N3O. The van der Waals surface area contributed by atoms with Crippen LogP contribution in [0.2, 0.25) is 0 Å². The molecule has 0 atom stereocenters. The maximum absolute atomic E-state index is 5.40. The van der Waals surface area contributed by atoms with Gasteiger partial charge in [-0.05, 0) is 12.1 Å². The predicted octanol–water partition coefficient (Wildman–Crippen LogP) is 0.873. The van der Waals surface area contributed by atoms with Gasteiger partial charge in [-0.2, -0.15) is 0 Å². The summed E-state index contributed by atoms with van der Waals surface area (Å²) in [5, 5.41) is 3.34. The van der Waals surface area contributed by atoms with E-state index in [-0.39, 0.29) is 0 Å². The van der Waals surface area contributed by atoms with E-state index >= 15 is 0 Å². The number of anilines is 1. The van der Waals surface area contributed by atoms with Crippen molar-refractivity contribution in [3.05, 3.63) is 29.8 Å². The number of ether oxygens (including phenoxy) is 1. The van der Waals surface area contributed by atoms with Gasteiger partial charge in [0.1, 0.15) is 5.84 Å². The molecule has 0 spiro atoms. The van der Waals surface area contributed by atoms with Gasteiger partial charge in [-0.15, -0.1) is 0 Å². The molecule has 2 heterocycles. The SMILES string of the molecule is c1ccc(N2CCOCC2)c(C2=NCCN2)c1. The highest BCUT2D eigenvalue weighted by Gasteiger charge is 2.18. The van der Waals surface area contributed by atoms with Crippen LogP contribution < -0.4 is 10.2 Å². The zero-order valence-electron chi connectivity index (χ0n) is 9.85. The second-order valence-electron chi connectivity index (χ2n) is 4.27. The number of nitrogens with one attached hydrogen (secondary N) is 1. The molecule has 2 aliphatic rings. The molecule has 0 aromatic heterocycles. The van der Waals surface area contributed by atoms with E-state index in [1.165, 1.54) is 11.3 Å². The fourth-order valence-electron chi connectivity index (χ4n) is 2.33. The molecule has 0 unspecified atom stereocenters. The number of nitrogens with zero attached hydrogens (tertiary/aromatic N) is 2. The molecule has 3 rings (SSSR count). The van der Waals surface area contributed by atoms with Crippen LogP contribution in [-0.4, -0.2) is 45.2 Å². The van der Waals surface area contributed by atoms with Crippen molar-refractivity contribution in [3.63, 3.8) is 0 Å². The molecule has 90 valence electrons. The summed E-state index contributed by atoms with van der Waals surface area (Å²) in [6.07, 6.45) is 0. The number of morpholine rings is 1. The van der Waals surface area contributed by atoms with Gasteiger partial charge < -0.3 is 15.0 Å². The van der Waals surface area contributed by atoms with Crippen LogP contribution >= 0.6 is 0 Å². The molecule has 2 aliphatic heterocycles. The van der Waals surface area contributed by atoms with E-state index in [2.05, 4.69) is 39.5 Å². The molecule has 1 fully saturated rings. The van der Waals surface area contributed by atoms with E-state index in [1.54, 1.807) is 0 Å². The van der Waals surface area contributed by atoms with Gasteiger partial charge in [-0.1, -0.05) is 12.1 Å². The number of para-hydroxylation sites is 1. The summed E-state index contributed by atoms with van der Waals surface area (Å²) in [7, 11) is 0. The number of hydrogen-bond donors (Lipinski definition) is 1. The number of hydrogen-bond acceptors (Lipinski definition) is 4. The molecule has 0 amide bonds. The molecule has 1 N–H and O–H groups in total. The third-order valence-corrected chi connectivity index (χ3v) is 3.19. The first-order valence-corrected chi connectivity index (χ1v) is 6.15. The summed E-state index contributed by atoms with van der Waals surface area (Å²) < 4.78 is 5.40. The van der Waals surface area contributed by atoms with Gasteiger partial charge in [0.15, 0.2) is 0 Å². The summed E-state index contributed by atoms with van der Waals surface area (Å²) in [5.74, 6) is 1.03. The monoisotopic (exact) mass is 231 g/mol. The van der Waals surface area contributed by atoms with Crippen molar-refractivity contribution in [3.8, 4) is 0 Å². The van der Waals surface area contributed by atoms with E-state index in [1.807, 2.05) is 0 Å². The van der Waals surface area contributed by atoms with Crippen molar-refractivity contribution < 1.29 is 4.74 Å². The Morgan fingerprint density at radius 2 is 2.00 bits per heavy atom. The average Bonchev–Trinajstić information content (AvgIpc) is 2.94. The highest BCUT2D eigenvalue weighted by atomic mass is 16.5. The van der Waals surface area contributed by atoms with Crippen molar-refractivity contribution in [2.24, 2.45) is 4.99 Å². The van der Waals surface area contributed by atoms with Crippen LogP contribution in [0.3, 0.4) is 0 Å². The summed E-state index contributed by atoms with van der Waals surface area (Å²) >= 11 is 0. The van der Waals surface area contributed by atoms with E-state index in [4.69, 9.17) is 4.74 Å². The second-order valence-corrected chi connectivity index (χ2v) is 4.27. The summed E-state index contributed by atoms with van der Waals surface area (Å²) in [6.45, 7) is 5.39. The van der Waals surface area contributed by atoms with Crippen LogP contribution in [0.15, 0.2) is 29.3 Å². The molecule has 1 aromatic carbocycles. The quantitative estimate of drug-likeness (QED) is 0.820. The first kappa shape index (κ1) is 10.6. The first-order chi connectivity index (χ1) is 8.45. The fourth-order valence-corrected chi connectivity index (χ4v) is 2.33. The van der Waals surface area contributed by atoms with Gasteiger partial charge in [-0.3, -0.25) is 4.99 Å². The Kier molecular flexibility index (Phi) is 2.96. The van der Waals surface area contributed by atoms with Crippen LogP contribution in [0, 0.1) is 0 Å². The molecule has 0 aliphatic carbocycles. The topological polar surface area (TPSA) is 36.9 Å². The number of rotatable bonds is 2. The normalized spacial score (nSPS) is 20.0. The van der Waals surface area contributed by atoms with Crippen LogP contribution in [0.25, 0.3) is 0 Å². The maximum atomic E-state index is 5.40. The smallest absolute Gasteiger partial charge is 0.130 e. The Hall–Kier alpha value is -1.55. The Morgan fingerprint density at radius 3 is 2.76 bits per heavy atom. The van der Waals surface area contributed by atoms with Gasteiger partial charge in [0.2, 0.25) is 0 Å². The molecule has 0 bridgehead atoms. The fraction of sp³-hybridized carbons (Fsp3) is 0.462. The predicted molar refractivity (Wildman–Crippen MR) is 68.9 cm³/mol. The third kappa shape index (κ3) is 2.13. The van der Waals surface area contributed by atoms with Crippen molar-refractivity contribution in [1.29, 1.82) is 0 Å². The molecule has 1 saturated heterocycles.